The van der Waals surface area contributed by atoms with Crippen LogP contribution in [0.4, 0.5) is 0 Å². The lowest BCUT2D eigenvalue weighted by Crippen LogP contribution is -2.38. The molecule has 86 valence electrons. The highest BCUT2D eigenvalue weighted by molar-refractivity contribution is 9.10. The molecule has 5 heteroatoms. The number of carbonyl (C=O) groups excluding carboxylic acids is 1. The first kappa shape index (κ1) is 12.0. The minimum atomic E-state index is -0.108. The zero-order chi connectivity index (χ0) is 11.5. The maximum absolute atomic E-state index is 11.9. The van der Waals surface area contributed by atoms with Gasteiger partial charge in [0.2, 0.25) is 0 Å². The zero-order valence-corrected chi connectivity index (χ0v) is 11.8. The largest absolute Gasteiger partial charge is 0.347 e. The summed E-state index contributed by atoms with van der Waals surface area (Å²) in [5.74, 6) is -0.108. The molecule has 1 aliphatic carbocycles. The molecule has 0 radical (unpaired) electrons. The van der Waals surface area contributed by atoms with Crippen LogP contribution in [0.5, 0.6) is 0 Å². The fourth-order valence-corrected chi connectivity index (χ4v) is 3.02. The van der Waals surface area contributed by atoms with Gasteiger partial charge in [0, 0.05) is 21.5 Å². The number of aromatic nitrogens is 1. The molecule has 0 saturated heterocycles. The summed E-state index contributed by atoms with van der Waals surface area (Å²) in [4.78, 5) is 16.4. The molecule has 1 aliphatic rings. The van der Waals surface area contributed by atoms with E-state index in [-0.39, 0.29) is 11.9 Å². The second-order valence-electron chi connectivity index (χ2n) is 3.86. The van der Waals surface area contributed by atoms with Crippen molar-refractivity contribution in [3.63, 3.8) is 0 Å². The molecule has 0 spiro atoms. The van der Waals surface area contributed by atoms with Crippen LogP contribution in [0.25, 0.3) is 0 Å². The molecule has 1 N–H and O–H groups in total. The van der Waals surface area contributed by atoms with Crippen LogP contribution in [-0.4, -0.2) is 21.8 Å². The summed E-state index contributed by atoms with van der Waals surface area (Å²) in [5, 5.41) is 3.01. The van der Waals surface area contributed by atoms with Gasteiger partial charge in [0.1, 0.15) is 5.69 Å². The van der Waals surface area contributed by atoms with Crippen molar-refractivity contribution in [1.82, 2.24) is 10.3 Å². The van der Waals surface area contributed by atoms with Gasteiger partial charge in [-0.15, -0.1) is 0 Å². The van der Waals surface area contributed by atoms with Crippen molar-refractivity contribution < 1.29 is 4.79 Å². The quantitative estimate of drug-likeness (QED) is 0.836. The van der Waals surface area contributed by atoms with Gasteiger partial charge in [-0.2, -0.15) is 0 Å². The Hall–Kier alpha value is -0.420. The Morgan fingerprint density at radius 2 is 2.31 bits per heavy atom. The number of amides is 1. The topological polar surface area (TPSA) is 42.0 Å². The van der Waals surface area contributed by atoms with Crippen LogP contribution >= 0.6 is 31.9 Å². The van der Waals surface area contributed by atoms with Crippen molar-refractivity contribution >= 4 is 37.8 Å². The average molecular weight is 348 g/mol. The Kier molecular flexibility index (Phi) is 3.97. The van der Waals surface area contributed by atoms with Gasteiger partial charge in [-0.1, -0.05) is 22.4 Å². The van der Waals surface area contributed by atoms with Crippen LogP contribution in [0, 0.1) is 0 Å². The molecule has 0 aliphatic heterocycles. The second kappa shape index (κ2) is 5.27. The van der Waals surface area contributed by atoms with E-state index in [9.17, 15) is 4.79 Å². The van der Waals surface area contributed by atoms with Crippen molar-refractivity contribution in [2.24, 2.45) is 0 Å². The third-order valence-electron chi connectivity index (χ3n) is 2.72. The summed E-state index contributed by atoms with van der Waals surface area (Å²) in [7, 11) is 0. The number of alkyl halides is 1. The van der Waals surface area contributed by atoms with Gasteiger partial charge < -0.3 is 5.32 Å². The van der Waals surface area contributed by atoms with Crippen molar-refractivity contribution in [2.75, 3.05) is 0 Å². The molecule has 1 aromatic heterocycles. The third-order valence-corrected chi connectivity index (χ3v) is 4.46. The summed E-state index contributed by atoms with van der Waals surface area (Å²) >= 11 is 6.90. The van der Waals surface area contributed by atoms with E-state index >= 15 is 0 Å². The van der Waals surface area contributed by atoms with Gasteiger partial charge in [-0.05, 0) is 40.9 Å². The molecule has 1 saturated carbocycles. The highest BCUT2D eigenvalue weighted by Gasteiger charge is 2.27. The normalized spacial score (nSPS) is 24.4. The summed E-state index contributed by atoms with van der Waals surface area (Å²) in [6.45, 7) is 0. The molecule has 2 atom stereocenters. The number of halogens is 2. The highest BCUT2D eigenvalue weighted by Crippen LogP contribution is 2.26. The average Bonchev–Trinajstić information content (AvgIpc) is 2.65. The van der Waals surface area contributed by atoms with Gasteiger partial charge in [-0.25, -0.2) is 4.98 Å². The number of pyridine rings is 1. The van der Waals surface area contributed by atoms with Gasteiger partial charge in [0.15, 0.2) is 0 Å². The maximum Gasteiger partial charge on any atom is 0.271 e. The number of hydrogen-bond donors (Lipinski definition) is 1. The Morgan fingerprint density at radius 3 is 2.94 bits per heavy atom. The number of nitrogens with zero attached hydrogens (tertiary/aromatic N) is 1. The number of nitrogens with one attached hydrogen (secondary N) is 1. The van der Waals surface area contributed by atoms with Gasteiger partial charge in [-0.3, -0.25) is 4.79 Å². The Morgan fingerprint density at radius 1 is 1.50 bits per heavy atom. The summed E-state index contributed by atoms with van der Waals surface area (Å²) in [6.07, 6.45) is 4.94. The third kappa shape index (κ3) is 2.63. The first-order valence-corrected chi connectivity index (χ1v) is 6.95. The van der Waals surface area contributed by atoms with Gasteiger partial charge >= 0.3 is 0 Å². The van der Waals surface area contributed by atoms with E-state index in [2.05, 4.69) is 42.2 Å². The number of hydrogen-bond acceptors (Lipinski definition) is 2. The molecule has 0 aromatic carbocycles. The molecule has 3 nitrogen and oxygen atoms in total. The monoisotopic (exact) mass is 346 g/mol. The standard InChI is InChI=1S/C11H12Br2N2O/c12-7-3-1-5-9(7)15-11(16)10-8(13)4-2-6-14-10/h2,4,6-7,9H,1,3,5H2,(H,15,16). The van der Waals surface area contributed by atoms with E-state index in [1.165, 1.54) is 0 Å². The fraction of sp³-hybridized carbons (Fsp3) is 0.455. The van der Waals surface area contributed by atoms with Crippen LogP contribution in [-0.2, 0) is 0 Å². The Balaban J connectivity index is 2.06. The number of rotatable bonds is 2. The summed E-state index contributed by atoms with van der Waals surface area (Å²) in [5.41, 5.74) is 0.453. The molecule has 1 fully saturated rings. The van der Waals surface area contributed by atoms with Crippen molar-refractivity contribution in [3.8, 4) is 0 Å². The van der Waals surface area contributed by atoms with Crippen LogP contribution in [0.3, 0.4) is 0 Å². The Bertz CT molecular complexity index is 397. The van der Waals surface area contributed by atoms with E-state index in [0.717, 1.165) is 23.7 Å². The van der Waals surface area contributed by atoms with E-state index in [1.54, 1.807) is 12.3 Å². The first-order chi connectivity index (χ1) is 7.68. The SMILES string of the molecule is O=C(NC1CCCC1Br)c1ncccc1Br. The van der Waals surface area contributed by atoms with E-state index in [1.807, 2.05) is 6.07 Å². The number of carbonyl (C=O) groups is 1. The molecular weight excluding hydrogens is 336 g/mol. The lowest BCUT2D eigenvalue weighted by Gasteiger charge is -2.15. The molecule has 2 rings (SSSR count). The molecule has 16 heavy (non-hydrogen) atoms. The van der Waals surface area contributed by atoms with Crippen LogP contribution < -0.4 is 5.32 Å². The predicted molar refractivity (Wildman–Crippen MR) is 69.8 cm³/mol. The molecule has 2 unspecified atom stereocenters. The first-order valence-electron chi connectivity index (χ1n) is 5.24. The van der Waals surface area contributed by atoms with Crippen LogP contribution in [0.15, 0.2) is 22.8 Å². The second-order valence-corrected chi connectivity index (χ2v) is 5.89. The summed E-state index contributed by atoms with van der Waals surface area (Å²) in [6, 6.07) is 3.84. The van der Waals surface area contributed by atoms with Crippen LogP contribution in [0.2, 0.25) is 0 Å². The highest BCUT2D eigenvalue weighted by atomic mass is 79.9. The molecule has 1 aromatic rings. The predicted octanol–water partition coefficient (Wildman–Crippen LogP) is 2.89. The van der Waals surface area contributed by atoms with Gasteiger partial charge in [0.05, 0.1) is 0 Å². The van der Waals surface area contributed by atoms with Crippen molar-refractivity contribution in [1.29, 1.82) is 0 Å². The smallest absolute Gasteiger partial charge is 0.271 e. The van der Waals surface area contributed by atoms with Crippen molar-refractivity contribution in [2.45, 2.75) is 30.1 Å². The zero-order valence-electron chi connectivity index (χ0n) is 8.62. The summed E-state index contributed by atoms with van der Waals surface area (Å²) < 4.78 is 0.733. The molecule has 0 bridgehead atoms. The fourth-order valence-electron chi connectivity index (χ4n) is 1.87. The Labute approximate surface area is 111 Å². The molecule has 1 amide bonds. The van der Waals surface area contributed by atoms with Crippen molar-refractivity contribution in [3.05, 3.63) is 28.5 Å². The lowest BCUT2D eigenvalue weighted by molar-refractivity contribution is 0.0933. The van der Waals surface area contributed by atoms with Crippen LogP contribution in [0.1, 0.15) is 29.8 Å². The molecular formula is C11H12Br2N2O. The minimum Gasteiger partial charge on any atom is -0.347 e. The van der Waals surface area contributed by atoms with E-state index in [0.29, 0.717) is 10.5 Å². The van der Waals surface area contributed by atoms with E-state index < -0.39 is 0 Å². The minimum absolute atomic E-state index is 0.108. The maximum atomic E-state index is 11.9. The molecule has 1 heterocycles. The van der Waals surface area contributed by atoms with E-state index in [4.69, 9.17) is 0 Å². The van der Waals surface area contributed by atoms with Gasteiger partial charge in [0.25, 0.3) is 5.91 Å². The lowest BCUT2D eigenvalue weighted by atomic mass is 10.2.